The quantitative estimate of drug-likeness (QED) is 0.452. The Morgan fingerprint density at radius 1 is 0.939 bits per heavy atom. The minimum Gasteiger partial charge on any atom is -0.492 e. The molecule has 0 saturated carbocycles. The van der Waals surface area contributed by atoms with Crippen molar-refractivity contribution in [3.05, 3.63) is 50.3 Å². The Balaban J connectivity index is 2.02. The van der Waals surface area contributed by atoms with Gasteiger partial charge >= 0.3 is 0 Å². The van der Waals surface area contributed by atoms with Crippen LogP contribution in [0.25, 0.3) is 0 Å². The van der Waals surface area contributed by atoms with Gasteiger partial charge in [-0.05, 0) is 42.2 Å². The Kier molecular flexibility index (Phi) is 6.24. The number of carbonyl (C=O) groups is 2. The van der Waals surface area contributed by atoms with E-state index in [0.717, 1.165) is 36.2 Å². The number of ether oxygens (including phenoxy) is 1. The average Bonchev–Trinajstić information content (AvgIpc) is 2.67. The molecular formula is C27H33Cl2NO3. The molecule has 0 saturated heterocycles. The van der Waals surface area contributed by atoms with Gasteiger partial charge in [-0.25, -0.2) is 0 Å². The maximum Gasteiger partial charge on any atom is 0.162 e. The van der Waals surface area contributed by atoms with E-state index >= 15 is 0 Å². The number of carbonyl (C=O) groups excluding carboxylic acids is 2. The lowest BCUT2D eigenvalue weighted by atomic mass is 9.63. The first kappa shape index (κ1) is 24.3. The van der Waals surface area contributed by atoms with Crippen LogP contribution in [0.3, 0.4) is 0 Å². The fourth-order valence-electron chi connectivity index (χ4n) is 5.63. The van der Waals surface area contributed by atoms with Gasteiger partial charge in [-0.2, -0.15) is 0 Å². The summed E-state index contributed by atoms with van der Waals surface area (Å²) in [6.45, 7) is 11.0. The van der Waals surface area contributed by atoms with E-state index in [1.165, 1.54) is 0 Å². The largest absolute Gasteiger partial charge is 0.492 e. The van der Waals surface area contributed by atoms with Crippen LogP contribution in [-0.2, 0) is 9.59 Å². The first-order valence-electron chi connectivity index (χ1n) is 11.7. The molecule has 0 spiro atoms. The predicted octanol–water partition coefficient (Wildman–Crippen LogP) is 7.10. The van der Waals surface area contributed by atoms with Crippen LogP contribution in [0.15, 0.2) is 34.7 Å². The maximum absolute atomic E-state index is 13.7. The van der Waals surface area contributed by atoms with Crippen LogP contribution in [0.5, 0.6) is 5.75 Å². The van der Waals surface area contributed by atoms with Crippen molar-refractivity contribution in [2.45, 2.75) is 72.6 Å². The number of ketones is 2. The summed E-state index contributed by atoms with van der Waals surface area (Å²) in [5.74, 6) is 0.174. The zero-order valence-electron chi connectivity index (χ0n) is 20.4. The van der Waals surface area contributed by atoms with Gasteiger partial charge in [0.2, 0.25) is 0 Å². The predicted molar refractivity (Wildman–Crippen MR) is 133 cm³/mol. The zero-order chi connectivity index (χ0) is 24.3. The third-order valence-electron chi connectivity index (χ3n) is 6.98. The summed E-state index contributed by atoms with van der Waals surface area (Å²) in [5, 5.41) is 0.871. The van der Waals surface area contributed by atoms with Crippen molar-refractivity contribution < 1.29 is 14.3 Å². The van der Waals surface area contributed by atoms with E-state index in [2.05, 4.69) is 32.6 Å². The van der Waals surface area contributed by atoms with Crippen LogP contribution in [0.4, 0.5) is 0 Å². The zero-order valence-corrected chi connectivity index (χ0v) is 21.9. The Labute approximate surface area is 207 Å². The molecule has 0 amide bonds. The van der Waals surface area contributed by atoms with E-state index in [4.69, 9.17) is 27.9 Å². The Hall–Kier alpha value is -1.78. The van der Waals surface area contributed by atoms with Gasteiger partial charge in [-0.3, -0.25) is 9.59 Å². The highest BCUT2D eigenvalue weighted by Gasteiger charge is 2.49. The van der Waals surface area contributed by atoms with Gasteiger partial charge < -0.3 is 9.64 Å². The molecule has 178 valence electrons. The van der Waals surface area contributed by atoms with Gasteiger partial charge in [0.1, 0.15) is 5.75 Å². The summed E-state index contributed by atoms with van der Waals surface area (Å²) in [4.78, 5) is 29.4. The van der Waals surface area contributed by atoms with Crippen molar-refractivity contribution in [2.24, 2.45) is 10.8 Å². The highest BCUT2D eigenvalue weighted by atomic mass is 35.5. The van der Waals surface area contributed by atoms with Gasteiger partial charge in [-0.15, -0.1) is 0 Å². The third-order valence-corrected chi connectivity index (χ3v) is 7.48. The molecule has 0 radical (unpaired) electrons. The first-order chi connectivity index (χ1) is 15.3. The average molecular weight is 490 g/mol. The molecule has 1 heterocycles. The smallest absolute Gasteiger partial charge is 0.162 e. The van der Waals surface area contributed by atoms with Gasteiger partial charge in [0, 0.05) is 58.9 Å². The number of hydrogen-bond acceptors (Lipinski definition) is 4. The topological polar surface area (TPSA) is 46.6 Å². The second-order valence-corrected chi connectivity index (χ2v) is 12.1. The standard InChI is InChI=1S/C27H33Cl2NO3/c1-7-8-33-25-16(9-15(28)10-17(25)29)22-23-18(11-26(2,3)13-20(23)31)30(6)19-12-27(4,5)14-21(32)24(19)22/h9-10,22H,7-8,11-14H2,1-6H3. The number of allylic oxidation sites excluding steroid dienone is 4. The molecular weight excluding hydrogens is 457 g/mol. The van der Waals surface area contributed by atoms with Crippen LogP contribution < -0.4 is 4.74 Å². The minimum atomic E-state index is -0.513. The van der Waals surface area contributed by atoms with Crippen LogP contribution in [0.2, 0.25) is 10.0 Å². The molecule has 1 aliphatic heterocycles. The van der Waals surface area contributed by atoms with E-state index < -0.39 is 5.92 Å². The van der Waals surface area contributed by atoms with Gasteiger partial charge in [-0.1, -0.05) is 57.8 Å². The van der Waals surface area contributed by atoms with E-state index in [0.29, 0.717) is 46.4 Å². The summed E-state index contributed by atoms with van der Waals surface area (Å²) in [6, 6.07) is 3.48. The highest BCUT2D eigenvalue weighted by molar-refractivity contribution is 6.35. The van der Waals surface area contributed by atoms with Crippen molar-refractivity contribution >= 4 is 34.8 Å². The lowest BCUT2D eigenvalue weighted by molar-refractivity contribution is -0.119. The molecule has 1 aromatic rings. The fraction of sp³-hybridized carbons (Fsp3) is 0.556. The van der Waals surface area contributed by atoms with Gasteiger partial charge in [0.05, 0.1) is 11.6 Å². The molecule has 0 fully saturated rings. The second-order valence-electron chi connectivity index (χ2n) is 11.2. The molecule has 0 aromatic heterocycles. The molecule has 0 atom stereocenters. The molecule has 0 bridgehead atoms. The molecule has 1 aromatic carbocycles. The van der Waals surface area contributed by atoms with Crippen LogP contribution in [0.1, 0.15) is 78.2 Å². The Morgan fingerprint density at radius 2 is 1.45 bits per heavy atom. The lowest BCUT2D eigenvalue weighted by Crippen LogP contribution is -2.43. The molecule has 4 rings (SSSR count). The maximum atomic E-state index is 13.7. The number of benzene rings is 1. The molecule has 4 nitrogen and oxygen atoms in total. The molecule has 0 unspecified atom stereocenters. The lowest BCUT2D eigenvalue weighted by Gasteiger charge is -2.48. The van der Waals surface area contributed by atoms with E-state index in [1.807, 2.05) is 20.0 Å². The normalized spacial score (nSPS) is 22.5. The molecule has 6 heteroatoms. The van der Waals surface area contributed by atoms with Crippen LogP contribution in [-0.4, -0.2) is 30.1 Å². The Morgan fingerprint density at radius 3 is 1.94 bits per heavy atom. The van der Waals surface area contributed by atoms with Crippen molar-refractivity contribution in [3.8, 4) is 5.75 Å². The first-order valence-corrected chi connectivity index (χ1v) is 12.5. The van der Waals surface area contributed by atoms with Crippen molar-refractivity contribution in [1.29, 1.82) is 0 Å². The molecule has 33 heavy (non-hydrogen) atoms. The van der Waals surface area contributed by atoms with Crippen molar-refractivity contribution in [3.63, 3.8) is 0 Å². The van der Waals surface area contributed by atoms with Crippen molar-refractivity contribution in [1.82, 2.24) is 4.90 Å². The fourth-order valence-corrected chi connectivity index (χ4v) is 6.19. The summed E-state index contributed by atoms with van der Waals surface area (Å²) in [6.07, 6.45) is 3.24. The van der Waals surface area contributed by atoms with E-state index in [9.17, 15) is 9.59 Å². The Bertz CT molecular complexity index is 1040. The van der Waals surface area contributed by atoms with Gasteiger partial charge in [0.15, 0.2) is 11.6 Å². The minimum absolute atomic E-state index is 0.0832. The van der Waals surface area contributed by atoms with E-state index in [1.54, 1.807) is 6.07 Å². The van der Waals surface area contributed by atoms with Gasteiger partial charge in [0.25, 0.3) is 0 Å². The summed E-state index contributed by atoms with van der Waals surface area (Å²) in [7, 11) is 2.00. The number of nitrogens with zero attached hydrogens (tertiary/aromatic N) is 1. The number of hydrogen-bond donors (Lipinski definition) is 0. The summed E-state index contributed by atoms with van der Waals surface area (Å²) in [5.41, 5.74) is 3.83. The second kappa shape index (κ2) is 8.46. The SMILES string of the molecule is CCCOc1c(Cl)cc(Cl)cc1C1C2=C(CC(C)(C)CC2=O)N(C)C2=C1C(=O)CC(C)(C)C2. The summed E-state index contributed by atoms with van der Waals surface area (Å²) >= 11 is 13.1. The molecule has 3 aliphatic rings. The molecule has 2 aliphatic carbocycles. The summed E-state index contributed by atoms with van der Waals surface area (Å²) < 4.78 is 6.09. The third kappa shape index (κ3) is 4.37. The number of rotatable bonds is 4. The van der Waals surface area contributed by atoms with E-state index in [-0.39, 0.29) is 22.4 Å². The van der Waals surface area contributed by atoms with Crippen LogP contribution in [0, 0.1) is 10.8 Å². The van der Waals surface area contributed by atoms with Crippen molar-refractivity contribution in [2.75, 3.05) is 13.7 Å². The number of Topliss-reactive ketones (excluding diaryl/α,β-unsaturated/α-hetero) is 2. The molecule has 0 N–H and O–H groups in total. The van der Waals surface area contributed by atoms with Crippen LogP contribution >= 0.6 is 23.2 Å². The monoisotopic (exact) mass is 489 g/mol. The highest BCUT2D eigenvalue weighted by Crippen LogP contribution is 2.55. The number of halogens is 2.